The molecular formula is C20H17N3O4S. The van der Waals surface area contributed by atoms with Crippen LogP contribution < -0.4 is 19.5 Å². The second-order valence-electron chi connectivity index (χ2n) is 5.58. The molecule has 28 heavy (non-hydrogen) atoms. The number of rotatable bonds is 7. The van der Waals surface area contributed by atoms with E-state index < -0.39 is 0 Å². The van der Waals surface area contributed by atoms with Crippen LogP contribution in [0, 0.1) is 11.3 Å². The molecule has 0 bridgehead atoms. The maximum absolute atomic E-state index is 12.1. The second-order valence-corrected chi connectivity index (χ2v) is 6.44. The lowest BCUT2D eigenvalue weighted by molar-refractivity contribution is -0.118. The fourth-order valence-corrected chi connectivity index (χ4v) is 3.12. The summed E-state index contributed by atoms with van der Waals surface area (Å²) in [6.07, 6.45) is 0. The second kappa shape index (κ2) is 8.88. The fraction of sp³-hybridized carbons (Fsp3) is 0.150. The minimum atomic E-state index is -0.327. The molecule has 7 nitrogen and oxygen atoms in total. The Morgan fingerprint density at radius 2 is 1.89 bits per heavy atom. The zero-order chi connectivity index (χ0) is 19.9. The normalized spacial score (nSPS) is 10.0. The number of hydrogen-bond acceptors (Lipinski definition) is 7. The quantitative estimate of drug-likeness (QED) is 0.655. The zero-order valence-electron chi connectivity index (χ0n) is 15.3. The maximum atomic E-state index is 12.1. The summed E-state index contributed by atoms with van der Waals surface area (Å²) in [6.45, 7) is -0.160. The van der Waals surface area contributed by atoms with E-state index in [0.29, 0.717) is 33.6 Å². The predicted molar refractivity (Wildman–Crippen MR) is 106 cm³/mol. The Bertz CT molecular complexity index is 1010. The van der Waals surface area contributed by atoms with E-state index >= 15 is 0 Å². The first-order chi connectivity index (χ1) is 13.6. The van der Waals surface area contributed by atoms with Crippen LogP contribution in [0.2, 0.25) is 0 Å². The number of thiazole rings is 1. The molecule has 0 saturated heterocycles. The van der Waals surface area contributed by atoms with Gasteiger partial charge in [-0.1, -0.05) is 0 Å². The molecule has 0 saturated carbocycles. The van der Waals surface area contributed by atoms with Gasteiger partial charge in [0.1, 0.15) is 17.2 Å². The lowest BCUT2D eigenvalue weighted by Gasteiger charge is -2.08. The summed E-state index contributed by atoms with van der Waals surface area (Å²) in [7, 11) is 3.17. The Balaban J connectivity index is 1.62. The van der Waals surface area contributed by atoms with E-state index in [1.165, 1.54) is 11.3 Å². The molecule has 0 radical (unpaired) electrons. The molecule has 0 aliphatic rings. The number of ether oxygens (including phenoxy) is 3. The van der Waals surface area contributed by atoms with E-state index in [-0.39, 0.29) is 12.5 Å². The topological polar surface area (TPSA) is 93.5 Å². The Hall–Kier alpha value is -3.57. The third-order valence-electron chi connectivity index (χ3n) is 3.79. The van der Waals surface area contributed by atoms with Gasteiger partial charge in [0, 0.05) is 17.0 Å². The van der Waals surface area contributed by atoms with Crippen molar-refractivity contribution >= 4 is 22.4 Å². The Morgan fingerprint density at radius 1 is 1.14 bits per heavy atom. The van der Waals surface area contributed by atoms with Gasteiger partial charge in [0.05, 0.1) is 31.5 Å². The van der Waals surface area contributed by atoms with Crippen LogP contribution in [0.3, 0.4) is 0 Å². The van der Waals surface area contributed by atoms with Crippen molar-refractivity contribution in [2.24, 2.45) is 0 Å². The molecular weight excluding hydrogens is 378 g/mol. The molecule has 0 fully saturated rings. The van der Waals surface area contributed by atoms with Crippen LogP contribution >= 0.6 is 11.3 Å². The molecule has 3 aromatic rings. The summed E-state index contributed by atoms with van der Waals surface area (Å²) in [5.74, 6) is 1.50. The summed E-state index contributed by atoms with van der Waals surface area (Å²) in [5, 5.41) is 13.8. The van der Waals surface area contributed by atoms with Crippen LogP contribution in [-0.2, 0) is 4.79 Å². The van der Waals surface area contributed by atoms with Gasteiger partial charge in [0.25, 0.3) is 5.91 Å². The maximum Gasteiger partial charge on any atom is 0.264 e. The van der Waals surface area contributed by atoms with Gasteiger partial charge in [0.2, 0.25) is 0 Å². The van der Waals surface area contributed by atoms with Crippen molar-refractivity contribution in [2.45, 2.75) is 0 Å². The van der Waals surface area contributed by atoms with Crippen molar-refractivity contribution < 1.29 is 19.0 Å². The van der Waals surface area contributed by atoms with E-state index in [1.54, 1.807) is 44.6 Å². The summed E-state index contributed by atoms with van der Waals surface area (Å²) >= 11 is 1.31. The van der Waals surface area contributed by atoms with Crippen LogP contribution in [0.5, 0.6) is 17.2 Å². The van der Waals surface area contributed by atoms with E-state index in [4.69, 9.17) is 19.5 Å². The summed E-state index contributed by atoms with van der Waals surface area (Å²) in [4.78, 5) is 16.5. The largest absolute Gasteiger partial charge is 0.497 e. The highest BCUT2D eigenvalue weighted by Gasteiger charge is 2.13. The summed E-state index contributed by atoms with van der Waals surface area (Å²) in [6, 6.07) is 14.0. The molecule has 1 amide bonds. The average Bonchev–Trinajstić information content (AvgIpc) is 3.20. The van der Waals surface area contributed by atoms with E-state index in [0.717, 1.165) is 5.56 Å². The molecule has 2 aromatic carbocycles. The van der Waals surface area contributed by atoms with Gasteiger partial charge in [-0.2, -0.15) is 5.26 Å². The highest BCUT2D eigenvalue weighted by molar-refractivity contribution is 7.14. The third-order valence-corrected chi connectivity index (χ3v) is 4.55. The summed E-state index contributed by atoms with van der Waals surface area (Å²) in [5.41, 5.74) is 2.02. The van der Waals surface area contributed by atoms with Gasteiger partial charge in [-0.15, -0.1) is 11.3 Å². The molecule has 3 rings (SSSR count). The lowest BCUT2D eigenvalue weighted by Crippen LogP contribution is -2.20. The average molecular weight is 395 g/mol. The van der Waals surface area contributed by atoms with Gasteiger partial charge in [-0.05, 0) is 36.4 Å². The van der Waals surface area contributed by atoms with Crippen molar-refractivity contribution in [1.82, 2.24) is 4.98 Å². The van der Waals surface area contributed by atoms with Gasteiger partial charge in [-0.3, -0.25) is 10.1 Å². The number of nitriles is 1. The van der Waals surface area contributed by atoms with Crippen LogP contribution in [0.25, 0.3) is 11.3 Å². The number of nitrogens with one attached hydrogen (secondary N) is 1. The van der Waals surface area contributed by atoms with E-state index in [1.807, 2.05) is 23.6 Å². The highest BCUT2D eigenvalue weighted by Crippen LogP contribution is 2.34. The monoisotopic (exact) mass is 395 g/mol. The number of nitrogens with zero attached hydrogens (tertiary/aromatic N) is 2. The standard InChI is InChI=1S/C20H17N3O4S/c1-25-15-7-8-16(18(9-15)26-2)17-12-28-20(22-17)23-19(24)11-27-14-5-3-13(10-21)4-6-14/h3-9,12H,11H2,1-2H3,(H,22,23,24). The van der Waals surface area contributed by atoms with Gasteiger partial charge in [-0.25, -0.2) is 4.98 Å². The zero-order valence-corrected chi connectivity index (χ0v) is 16.1. The van der Waals surface area contributed by atoms with Gasteiger partial charge >= 0.3 is 0 Å². The molecule has 8 heteroatoms. The molecule has 142 valence electrons. The van der Waals surface area contributed by atoms with Crippen LogP contribution in [0.1, 0.15) is 5.56 Å². The number of benzene rings is 2. The van der Waals surface area contributed by atoms with Crippen molar-refractivity contribution in [1.29, 1.82) is 5.26 Å². The van der Waals surface area contributed by atoms with Crippen molar-refractivity contribution in [3.8, 4) is 34.6 Å². The van der Waals surface area contributed by atoms with Crippen LogP contribution in [0.4, 0.5) is 5.13 Å². The van der Waals surface area contributed by atoms with Crippen LogP contribution in [0.15, 0.2) is 47.8 Å². The fourth-order valence-electron chi connectivity index (χ4n) is 2.39. The molecule has 0 aliphatic carbocycles. The van der Waals surface area contributed by atoms with Crippen molar-refractivity contribution in [3.63, 3.8) is 0 Å². The number of carbonyl (C=O) groups excluding carboxylic acids is 1. The first kappa shape index (κ1) is 19.2. The minimum absolute atomic E-state index is 0.160. The first-order valence-corrected chi connectivity index (χ1v) is 9.11. The summed E-state index contributed by atoms with van der Waals surface area (Å²) < 4.78 is 16.0. The number of methoxy groups -OCH3 is 2. The number of amides is 1. The van der Waals surface area contributed by atoms with Gasteiger partial charge < -0.3 is 14.2 Å². The van der Waals surface area contributed by atoms with Crippen molar-refractivity contribution in [2.75, 3.05) is 26.1 Å². The van der Waals surface area contributed by atoms with E-state index in [9.17, 15) is 4.79 Å². The molecule has 1 aromatic heterocycles. The predicted octanol–water partition coefficient (Wildman–Crippen LogP) is 3.72. The first-order valence-electron chi connectivity index (χ1n) is 8.23. The number of aromatic nitrogens is 1. The van der Waals surface area contributed by atoms with Crippen LogP contribution in [-0.4, -0.2) is 31.7 Å². The lowest BCUT2D eigenvalue weighted by atomic mass is 10.1. The number of carbonyl (C=O) groups is 1. The SMILES string of the molecule is COc1ccc(-c2csc(NC(=O)COc3ccc(C#N)cc3)n2)c(OC)c1. The molecule has 0 aliphatic heterocycles. The molecule has 0 spiro atoms. The smallest absolute Gasteiger partial charge is 0.264 e. The third kappa shape index (κ3) is 4.58. The Kier molecular flexibility index (Phi) is 6.09. The molecule has 0 unspecified atom stereocenters. The molecule has 1 N–H and O–H groups in total. The van der Waals surface area contributed by atoms with Gasteiger partial charge in [0.15, 0.2) is 11.7 Å². The number of hydrogen-bond donors (Lipinski definition) is 1. The Morgan fingerprint density at radius 3 is 2.57 bits per heavy atom. The Labute approximate surface area is 166 Å². The van der Waals surface area contributed by atoms with E-state index in [2.05, 4.69) is 10.3 Å². The minimum Gasteiger partial charge on any atom is -0.497 e. The molecule has 0 atom stereocenters. The highest BCUT2D eigenvalue weighted by atomic mass is 32.1. The van der Waals surface area contributed by atoms with Crippen molar-refractivity contribution in [3.05, 3.63) is 53.4 Å². The molecule has 1 heterocycles. The number of anilines is 1.